The number of fused-ring (bicyclic) bond motifs is 1. The Kier molecular flexibility index (Phi) is 6.11. The van der Waals surface area contributed by atoms with Gasteiger partial charge in [-0.2, -0.15) is 0 Å². The molecule has 1 amide bonds. The Morgan fingerprint density at radius 3 is 2.78 bits per heavy atom. The van der Waals surface area contributed by atoms with Gasteiger partial charge in [0.2, 0.25) is 5.91 Å². The summed E-state index contributed by atoms with van der Waals surface area (Å²) in [6.45, 7) is 5.90. The van der Waals surface area contributed by atoms with E-state index in [1.54, 1.807) is 6.07 Å². The number of halogens is 2. The topological polar surface area (TPSA) is 63.1 Å². The van der Waals surface area contributed by atoms with E-state index in [0.717, 1.165) is 49.7 Å². The van der Waals surface area contributed by atoms with Gasteiger partial charge in [-0.05, 0) is 37.5 Å². The number of carbonyl (C=O) groups is 1. The standard InChI is InChI=1S/C19H24FN5O.ClH/c1-13(15-3-2-4-16(20)11-15)19(26)24-8-5-14(6-9-24)18-23-22-17-12-21-7-10-25(17)18;/h2-4,11,13-14,21H,5-10,12H2,1H3;1H. The van der Waals surface area contributed by atoms with Crippen LogP contribution in [-0.4, -0.2) is 45.2 Å². The molecular formula is C19H25ClFN5O. The van der Waals surface area contributed by atoms with Crippen LogP contribution in [0.3, 0.4) is 0 Å². The molecule has 1 aromatic carbocycles. The van der Waals surface area contributed by atoms with Gasteiger partial charge >= 0.3 is 0 Å². The first-order valence-electron chi connectivity index (χ1n) is 9.30. The van der Waals surface area contributed by atoms with Gasteiger partial charge in [0.15, 0.2) is 0 Å². The molecule has 0 saturated carbocycles. The van der Waals surface area contributed by atoms with Crippen LogP contribution in [0.2, 0.25) is 0 Å². The van der Waals surface area contributed by atoms with E-state index in [1.807, 2.05) is 17.9 Å². The normalized spacial score (nSPS) is 18.5. The number of hydrogen-bond donors (Lipinski definition) is 1. The van der Waals surface area contributed by atoms with Crippen molar-refractivity contribution in [3.8, 4) is 0 Å². The van der Waals surface area contributed by atoms with Crippen LogP contribution in [0.25, 0.3) is 0 Å². The minimum Gasteiger partial charge on any atom is -0.342 e. The van der Waals surface area contributed by atoms with Crippen molar-refractivity contribution in [1.29, 1.82) is 0 Å². The SMILES string of the molecule is CC(C(=O)N1CCC(c2nnc3n2CCNC3)CC1)c1cccc(F)c1.Cl. The molecule has 0 spiro atoms. The minimum absolute atomic E-state index is 0. The monoisotopic (exact) mass is 393 g/mol. The second-order valence-corrected chi connectivity index (χ2v) is 7.18. The van der Waals surface area contributed by atoms with Crippen LogP contribution in [0.5, 0.6) is 0 Å². The predicted octanol–water partition coefficient (Wildman–Crippen LogP) is 2.45. The number of amides is 1. The fourth-order valence-corrected chi connectivity index (χ4v) is 3.97. The number of nitrogens with zero attached hydrogens (tertiary/aromatic N) is 4. The number of likely N-dealkylation sites (tertiary alicyclic amines) is 1. The molecule has 4 rings (SSSR count). The smallest absolute Gasteiger partial charge is 0.229 e. The maximum atomic E-state index is 13.4. The van der Waals surface area contributed by atoms with E-state index >= 15 is 0 Å². The lowest BCUT2D eigenvalue weighted by molar-refractivity contribution is -0.133. The van der Waals surface area contributed by atoms with Crippen molar-refractivity contribution in [2.75, 3.05) is 19.6 Å². The Labute approximate surface area is 164 Å². The first-order valence-corrected chi connectivity index (χ1v) is 9.30. The van der Waals surface area contributed by atoms with Crippen molar-refractivity contribution in [1.82, 2.24) is 25.0 Å². The first kappa shape index (κ1) is 19.8. The summed E-state index contributed by atoms with van der Waals surface area (Å²) in [6, 6.07) is 6.33. The average Bonchev–Trinajstić information content (AvgIpc) is 3.11. The lowest BCUT2D eigenvalue weighted by Gasteiger charge is -2.33. The largest absolute Gasteiger partial charge is 0.342 e. The zero-order valence-electron chi connectivity index (χ0n) is 15.4. The summed E-state index contributed by atoms with van der Waals surface area (Å²) >= 11 is 0. The van der Waals surface area contributed by atoms with Gasteiger partial charge in [-0.15, -0.1) is 22.6 Å². The summed E-state index contributed by atoms with van der Waals surface area (Å²) in [5.41, 5.74) is 0.733. The molecule has 6 nitrogen and oxygen atoms in total. The van der Waals surface area contributed by atoms with Gasteiger partial charge < -0.3 is 14.8 Å². The summed E-state index contributed by atoms with van der Waals surface area (Å²) in [7, 11) is 0. The van der Waals surface area contributed by atoms with E-state index in [1.165, 1.54) is 12.1 Å². The van der Waals surface area contributed by atoms with E-state index in [2.05, 4.69) is 20.1 Å². The van der Waals surface area contributed by atoms with Gasteiger partial charge in [-0.3, -0.25) is 4.79 Å². The fraction of sp³-hybridized carbons (Fsp3) is 0.526. The van der Waals surface area contributed by atoms with Crippen LogP contribution in [0, 0.1) is 5.82 Å². The van der Waals surface area contributed by atoms with Crippen LogP contribution >= 0.6 is 12.4 Å². The Hall–Kier alpha value is -1.99. The molecule has 3 heterocycles. The van der Waals surface area contributed by atoms with E-state index in [0.29, 0.717) is 19.0 Å². The average molecular weight is 394 g/mol. The molecule has 1 aromatic heterocycles. The molecule has 8 heteroatoms. The van der Waals surface area contributed by atoms with Crippen LogP contribution in [0.4, 0.5) is 4.39 Å². The lowest BCUT2D eigenvalue weighted by atomic mass is 9.93. The Morgan fingerprint density at radius 1 is 1.26 bits per heavy atom. The number of carbonyl (C=O) groups excluding carboxylic acids is 1. The van der Waals surface area contributed by atoms with E-state index < -0.39 is 0 Å². The summed E-state index contributed by atoms with van der Waals surface area (Å²) in [6.07, 6.45) is 1.79. The summed E-state index contributed by atoms with van der Waals surface area (Å²) in [5.74, 6) is 1.86. The van der Waals surface area contributed by atoms with Gasteiger partial charge in [0, 0.05) is 32.1 Å². The predicted molar refractivity (Wildman–Crippen MR) is 102 cm³/mol. The van der Waals surface area contributed by atoms with Crippen molar-refractivity contribution in [3.63, 3.8) is 0 Å². The van der Waals surface area contributed by atoms with Crippen molar-refractivity contribution in [2.24, 2.45) is 0 Å². The highest BCUT2D eigenvalue weighted by molar-refractivity contribution is 5.85. The molecule has 1 N–H and O–H groups in total. The molecule has 146 valence electrons. The minimum atomic E-state index is -0.325. The van der Waals surface area contributed by atoms with Crippen LogP contribution in [-0.2, 0) is 17.9 Å². The molecule has 1 saturated heterocycles. The van der Waals surface area contributed by atoms with Gasteiger partial charge in [0.25, 0.3) is 0 Å². The molecule has 0 radical (unpaired) electrons. The fourth-order valence-electron chi connectivity index (χ4n) is 3.97. The third-order valence-corrected chi connectivity index (χ3v) is 5.54. The zero-order valence-corrected chi connectivity index (χ0v) is 16.2. The van der Waals surface area contributed by atoms with Crippen LogP contribution in [0.1, 0.15) is 48.8 Å². The third-order valence-electron chi connectivity index (χ3n) is 5.54. The van der Waals surface area contributed by atoms with E-state index in [9.17, 15) is 9.18 Å². The number of piperidine rings is 1. The van der Waals surface area contributed by atoms with Gasteiger partial charge in [0.1, 0.15) is 17.5 Å². The maximum absolute atomic E-state index is 13.4. The van der Waals surface area contributed by atoms with E-state index in [4.69, 9.17) is 0 Å². The summed E-state index contributed by atoms with van der Waals surface area (Å²) in [5, 5.41) is 12.0. The van der Waals surface area contributed by atoms with Crippen molar-refractivity contribution >= 4 is 18.3 Å². The molecule has 0 bridgehead atoms. The Morgan fingerprint density at radius 2 is 2.04 bits per heavy atom. The molecule has 1 unspecified atom stereocenters. The maximum Gasteiger partial charge on any atom is 0.229 e. The molecule has 2 aromatic rings. The molecule has 0 aliphatic carbocycles. The van der Waals surface area contributed by atoms with E-state index in [-0.39, 0.29) is 30.0 Å². The van der Waals surface area contributed by atoms with Gasteiger partial charge in [-0.25, -0.2) is 4.39 Å². The second-order valence-electron chi connectivity index (χ2n) is 7.18. The number of rotatable bonds is 3. The number of nitrogens with one attached hydrogen (secondary N) is 1. The quantitative estimate of drug-likeness (QED) is 0.870. The molecule has 2 aliphatic rings. The van der Waals surface area contributed by atoms with Crippen LogP contribution < -0.4 is 5.32 Å². The lowest BCUT2D eigenvalue weighted by Crippen LogP contribution is -2.40. The summed E-state index contributed by atoms with van der Waals surface area (Å²) in [4.78, 5) is 14.7. The number of hydrogen-bond acceptors (Lipinski definition) is 4. The molecule has 2 aliphatic heterocycles. The number of aromatic nitrogens is 3. The third kappa shape index (κ3) is 3.99. The molecule has 27 heavy (non-hydrogen) atoms. The van der Waals surface area contributed by atoms with Crippen molar-refractivity contribution in [2.45, 2.75) is 44.7 Å². The van der Waals surface area contributed by atoms with Crippen LogP contribution in [0.15, 0.2) is 24.3 Å². The van der Waals surface area contributed by atoms with Crippen molar-refractivity contribution in [3.05, 3.63) is 47.3 Å². The first-order chi connectivity index (χ1) is 12.6. The van der Waals surface area contributed by atoms with Gasteiger partial charge in [0.05, 0.1) is 12.5 Å². The van der Waals surface area contributed by atoms with Crippen molar-refractivity contribution < 1.29 is 9.18 Å². The second kappa shape index (κ2) is 8.35. The Balaban J connectivity index is 0.00000210. The number of benzene rings is 1. The zero-order chi connectivity index (χ0) is 18.1. The molecular weight excluding hydrogens is 369 g/mol. The molecule has 1 fully saturated rings. The summed E-state index contributed by atoms with van der Waals surface area (Å²) < 4.78 is 15.7. The highest BCUT2D eigenvalue weighted by Gasteiger charge is 2.30. The molecule has 1 atom stereocenters. The van der Waals surface area contributed by atoms with Gasteiger partial charge in [-0.1, -0.05) is 12.1 Å². The highest BCUT2D eigenvalue weighted by Crippen LogP contribution is 2.29. The highest BCUT2D eigenvalue weighted by atomic mass is 35.5. The Bertz CT molecular complexity index is 803.